The Bertz CT molecular complexity index is 1670. The van der Waals surface area contributed by atoms with Crippen LogP contribution in [0, 0.1) is 6.92 Å². The Kier molecular flexibility index (Phi) is 13.9. The maximum absolute atomic E-state index is 14.2. The van der Waals surface area contributed by atoms with Crippen molar-refractivity contribution in [3.8, 4) is 0 Å². The molecular formula is C34H43Cl2N7O3S. The molecule has 0 aliphatic carbocycles. The van der Waals surface area contributed by atoms with Crippen molar-refractivity contribution in [2.75, 3.05) is 20.3 Å². The summed E-state index contributed by atoms with van der Waals surface area (Å²) in [6.07, 6.45) is 2.28. The number of hydrogen-bond donors (Lipinski definition) is 6. The minimum absolute atomic E-state index is 0.0193. The van der Waals surface area contributed by atoms with Gasteiger partial charge in [-0.3, -0.25) is 19.7 Å². The van der Waals surface area contributed by atoms with Crippen LogP contribution in [0.4, 0.5) is 0 Å². The van der Waals surface area contributed by atoms with Gasteiger partial charge in [-0.25, -0.2) is 5.90 Å². The van der Waals surface area contributed by atoms with Gasteiger partial charge in [0.15, 0.2) is 0 Å². The van der Waals surface area contributed by atoms with E-state index in [0.717, 1.165) is 55.9 Å². The predicted octanol–water partition coefficient (Wildman–Crippen LogP) is 5.01. The Morgan fingerprint density at radius 1 is 1.04 bits per heavy atom. The molecule has 0 spiro atoms. The van der Waals surface area contributed by atoms with Crippen LogP contribution in [0.5, 0.6) is 0 Å². The number of halogens is 2. The van der Waals surface area contributed by atoms with E-state index in [-0.39, 0.29) is 31.5 Å². The van der Waals surface area contributed by atoms with Crippen molar-refractivity contribution < 1.29 is 14.4 Å². The third-order valence-electron chi connectivity index (χ3n) is 8.14. The lowest BCUT2D eigenvalue weighted by Gasteiger charge is -2.31. The summed E-state index contributed by atoms with van der Waals surface area (Å²) in [5.74, 6) is 4.69. The first-order valence-corrected chi connectivity index (χ1v) is 17.0. The molecule has 0 bridgehead atoms. The smallest absolute Gasteiger partial charge is 0.243 e. The number of nitrogens with zero attached hydrogens (tertiary/aromatic N) is 1. The number of carbonyl (C=O) groups is 2. The van der Waals surface area contributed by atoms with Gasteiger partial charge in [0.1, 0.15) is 12.8 Å². The molecule has 10 nitrogen and oxygen atoms in total. The van der Waals surface area contributed by atoms with Crippen molar-refractivity contribution in [2.45, 2.75) is 67.6 Å². The normalized spacial score (nSPS) is 12.7. The molecule has 0 unspecified atom stereocenters. The molecular weight excluding hydrogens is 657 g/mol. The third kappa shape index (κ3) is 9.49. The largest absolute Gasteiger partial charge is 0.358 e. The van der Waals surface area contributed by atoms with E-state index in [0.29, 0.717) is 29.6 Å². The first-order valence-electron chi connectivity index (χ1n) is 15.5. The number of amides is 2. The number of carbonyl (C=O) groups excluding carboxylic acids is 2. The van der Waals surface area contributed by atoms with Crippen LogP contribution in [0.15, 0.2) is 70.5 Å². The summed E-state index contributed by atoms with van der Waals surface area (Å²) in [4.78, 5) is 39.5. The van der Waals surface area contributed by atoms with Crippen molar-refractivity contribution in [1.82, 2.24) is 20.5 Å². The molecule has 47 heavy (non-hydrogen) atoms. The fraction of sp³-hybridized carbons (Fsp3) is 0.353. The van der Waals surface area contributed by atoms with Gasteiger partial charge in [-0.05, 0) is 67.3 Å². The molecule has 9 N–H and O–H groups in total. The molecule has 0 radical (unpaired) electrons. The molecule has 2 atom stereocenters. The van der Waals surface area contributed by atoms with Crippen LogP contribution in [-0.2, 0) is 33.9 Å². The summed E-state index contributed by atoms with van der Waals surface area (Å²) in [7, 11) is 1.65. The van der Waals surface area contributed by atoms with E-state index in [1.807, 2.05) is 55.5 Å². The van der Waals surface area contributed by atoms with Crippen molar-refractivity contribution in [1.29, 1.82) is 0 Å². The van der Waals surface area contributed by atoms with E-state index in [1.54, 1.807) is 19.2 Å². The number of unbranched alkanes of at least 4 members (excludes halogenated alkanes) is 1. The van der Waals surface area contributed by atoms with Crippen LogP contribution < -0.4 is 28.0 Å². The van der Waals surface area contributed by atoms with Gasteiger partial charge in [-0.1, -0.05) is 77.8 Å². The number of para-hydroxylation sites is 1. The van der Waals surface area contributed by atoms with E-state index < -0.39 is 12.1 Å². The average molecular weight is 701 g/mol. The Labute approximate surface area is 290 Å². The second-order valence-corrected chi connectivity index (χ2v) is 13.2. The zero-order chi connectivity index (χ0) is 33.9. The Morgan fingerprint density at radius 3 is 2.53 bits per heavy atom. The van der Waals surface area contributed by atoms with Gasteiger partial charge in [0.2, 0.25) is 11.8 Å². The second-order valence-electron chi connectivity index (χ2n) is 11.3. The van der Waals surface area contributed by atoms with Crippen LogP contribution >= 0.6 is 35.0 Å². The van der Waals surface area contributed by atoms with Crippen LogP contribution in [-0.4, -0.2) is 54.1 Å². The van der Waals surface area contributed by atoms with E-state index in [4.69, 9.17) is 45.4 Å². The number of aryl methyl sites for hydroxylation is 1. The number of likely N-dealkylation sites (N-methyl/N-ethyl adjacent to an activating group) is 1. The van der Waals surface area contributed by atoms with Crippen molar-refractivity contribution >= 4 is 57.7 Å². The molecule has 252 valence electrons. The lowest BCUT2D eigenvalue weighted by molar-refractivity contribution is -0.141. The number of fused-ring (bicyclic) bond motifs is 1. The van der Waals surface area contributed by atoms with Crippen LogP contribution in [0.1, 0.15) is 41.6 Å². The Balaban J connectivity index is 1.64. The van der Waals surface area contributed by atoms with Gasteiger partial charge in [-0.2, -0.15) is 0 Å². The summed E-state index contributed by atoms with van der Waals surface area (Å²) in [6.45, 7) is 2.97. The van der Waals surface area contributed by atoms with Crippen molar-refractivity contribution in [2.24, 2.45) is 17.4 Å². The SMILES string of the molecule is Cc1[nH]c2ccccc2c1C[C@@H](C(=O)NCc1cc(Cl)cc(Cl)c1Sc1ccccc1CN)N(C)C(=O)[C@H](CCCCN)NCON. The highest BCUT2D eigenvalue weighted by molar-refractivity contribution is 7.99. The summed E-state index contributed by atoms with van der Waals surface area (Å²) < 4.78 is 0. The molecule has 4 aromatic rings. The zero-order valence-electron chi connectivity index (χ0n) is 26.7. The van der Waals surface area contributed by atoms with E-state index in [9.17, 15) is 9.59 Å². The third-order valence-corrected chi connectivity index (χ3v) is 10.1. The number of nitrogens with two attached hydrogens (primary N) is 3. The molecule has 0 saturated carbocycles. The molecule has 4 rings (SSSR count). The molecule has 0 saturated heterocycles. The quantitative estimate of drug-likeness (QED) is 0.0509. The highest BCUT2D eigenvalue weighted by Crippen LogP contribution is 2.39. The predicted molar refractivity (Wildman–Crippen MR) is 190 cm³/mol. The Morgan fingerprint density at radius 2 is 1.79 bits per heavy atom. The van der Waals surface area contributed by atoms with Crippen LogP contribution in [0.25, 0.3) is 10.9 Å². The first kappa shape index (κ1) is 36.7. The molecule has 0 aliphatic heterocycles. The number of rotatable bonds is 17. The number of aromatic nitrogens is 1. The standard InChI is InChI=1S/C34H43Cl2N7O3S/c1-21-26(25-10-4-5-11-28(25)42-21)17-30(43(2)34(45)29(41-20-46-39)12-7-8-14-37)33(44)40-19-23-15-24(35)16-27(36)32(23)47-31-13-6-3-9-22(31)18-38/h3-6,9-11,13,15-16,29-30,41-42H,7-8,12,14,17-20,37-39H2,1-2H3,(H,40,44)/t29-,30-/m0/s1. The van der Waals surface area contributed by atoms with E-state index >= 15 is 0 Å². The molecule has 3 aromatic carbocycles. The van der Waals surface area contributed by atoms with Gasteiger partial charge >= 0.3 is 0 Å². The second kappa shape index (κ2) is 17.9. The highest BCUT2D eigenvalue weighted by atomic mass is 35.5. The van der Waals surface area contributed by atoms with Crippen LogP contribution in [0.2, 0.25) is 10.0 Å². The fourth-order valence-electron chi connectivity index (χ4n) is 5.59. The van der Waals surface area contributed by atoms with Gasteiger partial charge in [-0.15, -0.1) is 0 Å². The molecule has 0 aliphatic rings. The topological polar surface area (TPSA) is 165 Å². The summed E-state index contributed by atoms with van der Waals surface area (Å²) >= 11 is 14.6. The highest BCUT2D eigenvalue weighted by Gasteiger charge is 2.32. The summed E-state index contributed by atoms with van der Waals surface area (Å²) in [6, 6.07) is 17.7. The van der Waals surface area contributed by atoms with Crippen molar-refractivity contribution in [3.05, 3.63) is 93.1 Å². The molecule has 13 heteroatoms. The minimum Gasteiger partial charge on any atom is -0.358 e. The number of hydrogen-bond acceptors (Lipinski definition) is 8. The molecule has 0 fully saturated rings. The lowest BCUT2D eigenvalue weighted by atomic mass is 9.99. The fourth-order valence-corrected chi connectivity index (χ4v) is 7.31. The van der Waals surface area contributed by atoms with Gasteiger partial charge in [0.05, 0.1) is 11.1 Å². The van der Waals surface area contributed by atoms with Gasteiger partial charge in [0, 0.05) is 58.0 Å². The van der Waals surface area contributed by atoms with E-state index in [1.165, 1.54) is 16.7 Å². The maximum atomic E-state index is 14.2. The minimum atomic E-state index is -0.846. The zero-order valence-corrected chi connectivity index (χ0v) is 29.0. The van der Waals surface area contributed by atoms with Crippen molar-refractivity contribution in [3.63, 3.8) is 0 Å². The Hall–Kier alpha value is -3.13. The summed E-state index contributed by atoms with van der Waals surface area (Å²) in [5.41, 5.74) is 16.3. The van der Waals surface area contributed by atoms with E-state index in [2.05, 4.69) is 15.6 Å². The van der Waals surface area contributed by atoms with Gasteiger partial charge in [0.25, 0.3) is 0 Å². The number of aromatic amines is 1. The molecule has 2 amide bonds. The number of benzene rings is 3. The average Bonchev–Trinajstić information content (AvgIpc) is 3.39. The van der Waals surface area contributed by atoms with Gasteiger partial charge < -0.3 is 26.7 Å². The van der Waals surface area contributed by atoms with Crippen LogP contribution in [0.3, 0.4) is 0 Å². The monoisotopic (exact) mass is 699 g/mol. The number of nitrogens with one attached hydrogen (secondary N) is 3. The number of H-pyrrole nitrogens is 1. The molecule has 1 aromatic heterocycles. The molecule has 1 heterocycles. The first-order chi connectivity index (χ1) is 22.7. The maximum Gasteiger partial charge on any atom is 0.243 e. The summed E-state index contributed by atoms with van der Waals surface area (Å²) in [5, 5.41) is 8.04. The lowest BCUT2D eigenvalue weighted by Crippen LogP contribution is -2.54.